The molecule has 0 aliphatic heterocycles. The Balaban J connectivity index is 1.26. The average Bonchev–Trinajstić information content (AvgIpc) is 3.28. The first-order chi connectivity index (χ1) is 16.9. The van der Waals surface area contributed by atoms with Gasteiger partial charge in [-0.2, -0.15) is 0 Å². The first kappa shape index (κ1) is 24.7. The highest BCUT2D eigenvalue weighted by Crippen LogP contribution is 2.70. The minimum atomic E-state index is -0.141. The third-order valence-corrected chi connectivity index (χ3v) is 13.3. The lowest BCUT2D eigenvalue weighted by Crippen LogP contribution is -2.62. The summed E-state index contributed by atoms with van der Waals surface area (Å²) in [5.74, 6) is 5.52. The van der Waals surface area contributed by atoms with Crippen LogP contribution in [0.2, 0.25) is 0 Å². The zero-order valence-electron chi connectivity index (χ0n) is 23.2. The standard InChI is InChI=1S/C33H52FN/c1-5-35-33-17-6-7-29(33)26-12-13-30-31(3)18-14-25(24-10-8-23(21-34)9-11-24)22(2)27(31)15-19-32(30,4)28(26)16-20-33/h10,14,22-23,26-30,35H,5-9,11-13,15-21H2,1-4H3. The fourth-order valence-corrected chi connectivity index (χ4v) is 11.8. The molecule has 10 unspecified atom stereocenters. The van der Waals surface area contributed by atoms with E-state index in [1.807, 2.05) is 0 Å². The van der Waals surface area contributed by atoms with Gasteiger partial charge in [0, 0.05) is 5.54 Å². The van der Waals surface area contributed by atoms with Crippen molar-refractivity contribution in [2.75, 3.05) is 13.2 Å². The molecule has 4 fully saturated rings. The molecule has 4 saturated carbocycles. The molecule has 10 atom stereocenters. The molecule has 196 valence electrons. The molecule has 1 nitrogen and oxygen atoms in total. The fraction of sp³-hybridized carbons (Fsp3) is 0.879. The number of rotatable bonds is 4. The van der Waals surface area contributed by atoms with Crippen molar-refractivity contribution in [3.8, 4) is 0 Å². The van der Waals surface area contributed by atoms with Gasteiger partial charge in [0.2, 0.25) is 0 Å². The Morgan fingerprint density at radius 3 is 2.49 bits per heavy atom. The van der Waals surface area contributed by atoms with Crippen molar-refractivity contribution in [2.45, 2.75) is 117 Å². The Morgan fingerprint density at radius 2 is 1.74 bits per heavy atom. The van der Waals surface area contributed by atoms with Crippen molar-refractivity contribution >= 4 is 0 Å². The molecule has 0 saturated heterocycles. The molecule has 0 aromatic rings. The normalized spacial score (nSPS) is 51.4. The molecule has 6 rings (SSSR count). The van der Waals surface area contributed by atoms with Crippen molar-refractivity contribution in [2.24, 2.45) is 52.3 Å². The average molecular weight is 482 g/mol. The molecule has 0 aromatic carbocycles. The van der Waals surface area contributed by atoms with Gasteiger partial charge in [-0.25, -0.2) is 0 Å². The van der Waals surface area contributed by atoms with Crippen molar-refractivity contribution in [3.63, 3.8) is 0 Å². The van der Waals surface area contributed by atoms with E-state index in [2.05, 4.69) is 45.2 Å². The lowest BCUT2D eigenvalue weighted by atomic mass is 9.38. The van der Waals surface area contributed by atoms with Gasteiger partial charge in [0.25, 0.3) is 0 Å². The molecule has 0 heterocycles. The Bertz CT molecular complexity index is 874. The second-order valence-corrected chi connectivity index (χ2v) is 14.5. The van der Waals surface area contributed by atoms with Crippen LogP contribution in [0.4, 0.5) is 4.39 Å². The second-order valence-electron chi connectivity index (χ2n) is 14.5. The van der Waals surface area contributed by atoms with Gasteiger partial charge in [0.05, 0.1) is 6.67 Å². The molecule has 6 aliphatic carbocycles. The maximum atomic E-state index is 13.2. The highest BCUT2D eigenvalue weighted by atomic mass is 19.1. The van der Waals surface area contributed by atoms with Crippen LogP contribution < -0.4 is 5.32 Å². The molecule has 1 N–H and O–H groups in total. The highest BCUT2D eigenvalue weighted by molar-refractivity contribution is 5.37. The molecule has 0 aromatic heterocycles. The van der Waals surface area contributed by atoms with Crippen LogP contribution in [0, 0.1) is 52.3 Å². The smallest absolute Gasteiger partial charge is 0.0925 e. The van der Waals surface area contributed by atoms with Gasteiger partial charge in [0.1, 0.15) is 0 Å². The molecular formula is C33H52FN. The number of fused-ring (bicyclic) bond motifs is 7. The van der Waals surface area contributed by atoms with Crippen LogP contribution in [0.1, 0.15) is 111 Å². The summed E-state index contributed by atoms with van der Waals surface area (Å²) < 4.78 is 13.2. The minimum Gasteiger partial charge on any atom is -0.311 e. The topological polar surface area (TPSA) is 12.0 Å². The molecule has 2 heteroatoms. The Kier molecular flexibility index (Phi) is 6.34. The summed E-state index contributed by atoms with van der Waals surface area (Å²) in [6.07, 6.45) is 22.6. The SMILES string of the molecule is CCNC12CCCC1C1CCC3C4(C)CC=C(C5=CCC(CF)CC5)C(C)C4CCC3(C)C1CC2. The Hall–Kier alpha value is -0.630. The third kappa shape index (κ3) is 3.61. The summed E-state index contributed by atoms with van der Waals surface area (Å²) in [6.45, 7) is 11.3. The van der Waals surface area contributed by atoms with Gasteiger partial charge in [0.15, 0.2) is 0 Å². The van der Waals surface area contributed by atoms with Crippen LogP contribution in [0.15, 0.2) is 23.3 Å². The summed E-state index contributed by atoms with van der Waals surface area (Å²) in [5.41, 5.74) is 4.71. The molecular weight excluding hydrogens is 429 g/mol. The first-order valence-electron chi connectivity index (χ1n) is 15.6. The lowest BCUT2D eigenvalue weighted by molar-refractivity contribution is -0.166. The van der Waals surface area contributed by atoms with Crippen LogP contribution >= 0.6 is 0 Å². The number of alkyl halides is 1. The number of allylic oxidation sites excluding steroid dienone is 4. The predicted octanol–water partition coefficient (Wildman–Crippen LogP) is 8.66. The number of hydrogen-bond donors (Lipinski definition) is 1. The van der Waals surface area contributed by atoms with E-state index in [0.717, 1.165) is 55.4 Å². The van der Waals surface area contributed by atoms with E-state index in [1.165, 1.54) is 64.2 Å². The highest BCUT2D eigenvalue weighted by Gasteiger charge is 2.64. The van der Waals surface area contributed by atoms with Crippen LogP contribution in [-0.2, 0) is 0 Å². The van der Waals surface area contributed by atoms with E-state index in [-0.39, 0.29) is 12.6 Å². The number of halogens is 1. The van der Waals surface area contributed by atoms with Gasteiger partial charge in [-0.3, -0.25) is 4.39 Å². The van der Waals surface area contributed by atoms with Crippen LogP contribution in [0.3, 0.4) is 0 Å². The first-order valence-corrected chi connectivity index (χ1v) is 15.6. The van der Waals surface area contributed by atoms with Gasteiger partial charge < -0.3 is 5.32 Å². The van der Waals surface area contributed by atoms with E-state index in [0.29, 0.717) is 22.3 Å². The van der Waals surface area contributed by atoms with Gasteiger partial charge >= 0.3 is 0 Å². The Labute approximate surface area is 215 Å². The minimum absolute atomic E-state index is 0.141. The van der Waals surface area contributed by atoms with Crippen LogP contribution in [0.5, 0.6) is 0 Å². The lowest BCUT2D eigenvalue weighted by Gasteiger charge is -2.67. The monoisotopic (exact) mass is 481 g/mol. The van der Waals surface area contributed by atoms with Crippen LogP contribution in [0.25, 0.3) is 0 Å². The van der Waals surface area contributed by atoms with Gasteiger partial charge in [-0.05, 0) is 147 Å². The Morgan fingerprint density at radius 1 is 0.914 bits per heavy atom. The van der Waals surface area contributed by atoms with E-state index in [1.54, 1.807) is 11.1 Å². The molecule has 0 bridgehead atoms. The zero-order valence-corrected chi connectivity index (χ0v) is 23.2. The summed E-state index contributed by atoms with van der Waals surface area (Å²) >= 11 is 0. The molecule has 35 heavy (non-hydrogen) atoms. The van der Waals surface area contributed by atoms with Crippen molar-refractivity contribution < 1.29 is 4.39 Å². The van der Waals surface area contributed by atoms with Crippen LogP contribution in [-0.4, -0.2) is 18.8 Å². The largest absolute Gasteiger partial charge is 0.311 e. The van der Waals surface area contributed by atoms with E-state index in [4.69, 9.17) is 0 Å². The van der Waals surface area contributed by atoms with E-state index >= 15 is 0 Å². The van der Waals surface area contributed by atoms with Crippen molar-refractivity contribution in [1.82, 2.24) is 5.32 Å². The van der Waals surface area contributed by atoms with Gasteiger partial charge in [-0.15, -0.1) is 0 Å². The molecule has 6 aliphatic rings. The number of hydrogen-bond acceptors (Lipinski definition) is 1. The maximum absolute atomic E-state index is 13.2. The van der Waals surface area contributed by atoms with Crippen molar-refractivity contribution in [3.05, 3.63) is 23.3 Å². The predicted molar refractivity (Wildman–Crippen MR) is 145 cm³/mol. The molecule has 0 radical (unpaired) electrons. The zero-order chi connectivity index (χ0) is 24.4. The fourth-order valence-electron chi connectivity index (χ4n) is 11.8. The summed E-state index contributed by atoms with van der Waals surface area (Å²) in [4.78, 5) is 0. The summed E-state index contributed by atoms with van der Waals surface area (Å²) in [6, 6.07) is 0. The summed E-state index contributed by atoms with van der Waals surface area (Å²) in [5, 5.41) is 4.04. The summed E-state index contributed by atoms with van der Waals surface area (Å²) in [7, 11) is 0. The van der Waals surface area contributed by atoms with E-state index < -0.39 is 0 Å². The van der Waals surface area contributed by atoms with Crippen molar-refractivity contribution in [1.29, 1.82) is 0 Å². The molecule has 0 amide bonds. The number of nitrogens with one attached hydrogen (secondary N) is 1. The third-order valence-electron chi connectivity index (χ3n) is 13.3. The van der Waals surface area contributed by atoms with E-state index in [9.17, 15) is 4.39 Å². The quantitative estimate of drug-likeness (QED) is 0.423. The maximum Gasteiger partial charge on any atom is 0.0925 e. The second kappa shape index (κ2) is 8.99. The van der Waals surface area contributed by atoms with Gasteiger partial charge in [-0.1, -0.05) is 46.3 Å². The molecule has 0 spiro atoms.